The number of anilines is 2. The number of rotatable bonds is 8. The molecule has 0 saturated carbocycles. The van der Waals surface area contributed by atoms with Gasteiger partial charge < -0.3 is 14.8 Å². The number of hydrogen-bond acceptors (Lipinski definition) is 7. The van der Waals surface area contributed by atoms with Gasteiger partial charge in [-0.25, -0.2) is 23.5 Å². The quantitative estimate of drug-likeness (QED) is 0.391. The molecule has 3 aromatic rings. The topological polar surface area (TPSA) is 90.4 Å². The van der Waals surface area contributed by atoms with Gasteiger partial charge in [0.05, 0.1) is 18.3 Å². The van der Waals surface area contributed by atoms with E-state index in [1.807, 2.05) is 13.8 Å². The largest absolute Gasteiger partial charge is 0.491 e. The molecule has 0 radical (unpaired) electrons. The average molecular weight is 441 g/mol. The van der Waals surface area contributed by atoms with Crippen molar-refractivity contribution in [3.8, 4) is 17.1 Å². The summed E-state index contributed by atoms with van der Waals surface area (Å²) in [6.45, 7) is 5.43. The van der Waals surface area contributed by atoms with E-state index in [1.54, 1.807) is 31.2 Å². The van der Waals surface area contributed by atoms with Gasteiger partial charge in [0, 0.05) is 5.69 Å². The number of esters is 1. The van der Waals surface area contributed by atoms with Crippen molar-refractivity contribution in [2.24, 2.45) is 0 Å². The molecule has 0 atom stereocenters. The van der Waals surface area contributed by atoms with E-state index in [9.17, 15) is 18.4 Å². The molecule has 0 aliphatic carbocycles. The van der Waals surface area contributed by atoms with Gasteiger partial charge in [0.1, 0.15) is 34.5 Å². The fraction of sp³-hybridized carbons (Fsp3) is 0.217. The van der Waals surface area contributed by atoms with E-state index in [0.29, 0.717) is 17.7 Å². The molecule has 0 spiro atoms. The van der Waals surface area contributed by atoms with Crippen LogP contribution in [0.5, 0.6) is 5.75 Å². The maximum absolute atomic E-state index is 14.3. The molecule has 0 saturated heterocycles. The standard InChI is InChI=1S/C23H21F2N3O4/c1-4-31-23(30)20-18(12-29)27-21(19-16(24)6-5-7-17(19)25)28-22(20)26-14-8-10-15(11-9-14)32-13(2)3/h5-13H,4H2,1-3H3,(H,26,27,28). The van der Waals surface area contributed by atoms with Crippen LogP contribution in [-0.2, 0) is 4.74 Å². The SMILES string of the molecule is CCOC(=O)c1c(C=O)nc(-c2c(F)cccc2F)nc1Nc1ccc(OC(C)C)cc1. The maximum atomic E-state index is 14.3. The van der Waals surface area contributed by atoms with E-state index in [1.165, 1.54) is 6.07 Å². The third-order valence-corrected chi connectivity index (χ3v) is 4.20. The number of benzene rings is 2. The van der Waals surface area contributed by atoms with Crippen molar-refractivity contribution in [3.05, 3.63) is 65.4 Å². The van der Waals surface area contributed by atoms with Crippen LogP contribution in [0.15, 0.2) is 42.5 Å². The second kappa shape index (κ2) is 9.95. The second-order valence-corrected chi connectivity index (χ2v) is 6.91. The number of ether oxygens (including phenoxy) is 2. The lowest BCUT2D eigenvalue weighted by atomic mass is 10.1. The molecule has 9 heteroatoms. The summed E-state index contributed by atoms with van der Waals surface area (Å²) >= 11 is 0. The predicted molar refractivity (Wildman–Crippen MR) is 114 cm³/mol. The number of aldehydes is 1. The Bertz CT molecular complexity index is 1110. The summed E-state index contributed by atoms with van der Waals surface area (Å²) in [6, 6.07) is 10.0. The highest BCUT2D eigenvalue weighted by Crippen LogP contribution is 2.29. The average Bonchev–Trinajstić information content (AvgIpc) is 2.74. The molecule has 1 heterocycles. The summed E-state index contributed by atoms with van der Waals surface area (Å²) in [5.74, 6) is -2.56. The van der Waals surface area contributed by atoms with Crippen LogP contribution < -0.4 is 10.1 Å². The minimum Gasteiger partial charge on any atom is -0.491 e. The smallest absolute Gasteiger partial charge is 0.344 e. The number of carbonyl (C=O) groups excluding carboxylic acids is 2. The fourth-order valence-corrected chi connectivity index (χ4v) is 2.91. The Labute approximate surface area is 183 Å². The summed E-state index contributed by atoms with van der Waals surface area (Å²) in [5, 5.41) is 2.90. The van der Waals surface area contributed by atoms with Crippen molar-refractivity contribution >= 4 is 23.8 Å². The Morgan fingerprint density at radius 3 is 2.31 bits per heavy atom. The highest BCUT2D eigenvalue weighted by Gasteiger charge is 2.25. The zero-order chi connectivity index (χ0) is 23.3. The minimum absolute atomic E-state index is 0.0144. The summed E-state index contributed by atoms with van der Waals surface area (Å²) in [7, 11) is 0. The van der Waals surface area contributed by atoms with Gasteiger partial charge >= 0.3 is 5.97 Å². The Hall–Kier alpha value is -3.88. The van der Waals surface area contributed by atoms with Gasteiger partial charge in [0.25, 0.3) is 0 Å². The van der Waals surface area contributed by atoms with Crippen molar-refractivity contribution in [2.45, 2.75) is 26.9 Å². The first-order valence-corrected chi connectivity index (χ1v) is 9.86. The van der Waals surface area contributed by atoms with Gasteiger partial charge in [-0.3, -0.25) is 4.79 Å². The van der Waals surface area contributed by atoms with Crippen molar-refractivity contribution in [1.29, 1.82) is 0 Å². The van der Waals surface area contributed by atoms with Crippen LogP contribution in [0.2, 0.25) is 0 Å². The van der Waals surface area contributed by atoms with Gasteiger partial charge in [-0.15, -0.1) is 0 Å². The summed E-state index contributed by atoms with van der Waals surface area (Å²) < 4.78 is 39.3. The van der Waals surface area contributed by atoms with Gasteiger partial charge in [0.2, 0.25) is 0 Å². The number of halogens is 2. The van der Waals surface area contributed by atoms with Crippen LogP contribution in [0.1, 0.15) is 41.6 Å². The van der Waals surface area contributed by atoms with Gasteiger partial charge in [-0.2, -0.15) is 0 Å². The zero-order valence-electron chi connectivity index (χ0n) is 17.7. The molecule has 3 rings (SSSR count). The minimum atomic E-state index is -0.910. The molecule has 0 aliphatic rings. The van der Waals surface area contributed by atoms with E-state index < -0.39 is 29.0 Å². The third kappa shape index (κ3) is 5.05. The molecule has 0 fully saturated rings. The Kier molecular flexibility index (Phi) is 7.09. The summed E-state index contributed by atoms with van der Waals surface area (Å²) in [4.78, 5) is 32.3. The molecular weight excluding hydrogens is 420 g/mol. The van der Waals surface area contributed by atoms with Crippen molar-refractivity contribution in [2.75, 3.05) is 11.9 Å². The Balaban J connectivity index is 2.12. The molecule has 0 bridgehead atoms. The van der Waals surface area contributed by atoms with Crippen LogP contribution in [0.25, 0.3) is 11.4 Å². The molecule has 32 heavy (non-hydrogen) atoms. The van der Waals surface area contributed by atoms with Gasteiger partial charge in [-0.1, -0.05) is 6.07 Å². The second-order valence-electron chi connectivity index (χ2n) is 6.91. The number of aromatic nitrogens is 2. The van der Waals surface area contributed by atoms with Crippen LogP contribution >= 0.6 is 0 Å². The first-order chi connectivity index (χ1) is 15.3. The van der Waals surface area contributed by atoms with Crippen LogP contribution in [0.4, 0.5) is 20.3 Å². The molecule has 0 amide bonds. The van der Waals surface area contributed by atoms with E-state index in [2.05, 4.69) is 15.3 Å². The first kappa shape index (κ1) is 22.8. The summed E-state index contributed by atoms with van der Waals surface area (Å²) in [6.07, 6.45) is 0.292. The lowest BCUT2D eigenvalue weighted by molar-refractivity contribution is 0.0524. The van der Waals surface area contributed by atoms with Gasteiger partial charge in [0.15, 0.2) is 12.1 Å². The molecular formula is C23H21F2N3O4. The molecule has 1 N–H and O–H groups in total. The molecule has 7 nitrogen and oxygen atoms in total. The zero-order valence-corrected chi connectivity index (χ0v) is 17.7. The predicted octanol–water partition coefficient (Wildman–Crippen LogP) is 4.94. The van der Waals surface area contributed by atoms with Crippen LogP contribution in [0, 0.1) is 11.6 Å². The van der Waals surface area contributed by atoms with Crippen molar-refractivity contribution in [3.63, 3.8) is 0 Å². The maximum Gasteiger partial charge on any atom is 0.344 e. The summed E-state index contributed by atoms with van der Waals surface area (Å²) in [5.41, 5.74) is -0.639. The molecule has 2 aromatic carbocycles. The van der Waals surface area contributed by atoms with Crippen LogP contribution in [-0.4, -0.2) is 34.9 Å². The van der Waals surface area contributed by atoms with E-state index in [-0.39, 0.29) is 29.8 Å². The van der Waals surface area contributed by atoms with Gasteiger partial charge in [-0.05, 0) is 57.2 Å². The lowest BCUT2D eigenvalue weighted by Crippen LogP contribution is -2.15. The highest BCUT2D eigenvalue weighted by molar-refractivity contribution is 6.02. The highest BCUT2D eigenvalue weighted by atomic mass is 19.1. The molecule has 1 aromatic heterocycles. The number of hydrogen-bond donors (Lipinski definition) is 1. The Morgan fingerprint density at radius 2 is 1.75 bits per heavy atom. The monoisotopic (exact) mass is 441 g/mol. The fourth-order valence-electron chi connectivity index (χ4n) is 2.91. The van der Waals surface area contributed by atoms with Crippen molar-refractivity contribution in [1.82, 2.24) is 9.97 Å². The van der Waals surface area contributed by atoms with Crippen molar-refractivity contribution < 1.29 is 27.8 Å². The van der Waals surface area contributed by atoms with E-state index >= 15 is 0 Å². The number of nitrogens with one attached hydrogen (secondary N) is 1. The normalized spacial score (nSPS) is 10.7. The lowest BCUT2D eigenvalue weighted by Gasteiger charge is -2.15. The molecule has 0 aliphatic heterocycles. The Morgan fingerprint density at radius 1 is 1.09 bits per heavy atom. The molecule has 0 unspecified atom stereocenters. The number of carbonyl (C=O) groups is 2. The van der Waals surface area contributed by atoms with Crippen LogP contribution in [0.3, 0.4) is 0 Å². The first-order valence-electron chi connectivity index (χ1n) is 9.86. The molecule has 166 valence electrons. The third-order valence-electron chi connectivity index (χ3n) is 4.20. The van der Waals surface area contributed by atoms with E-state index in [4.69, 9.17) is 9.47 Å². The van der Waals surface area contributed by atoms with E-state index in [0.717, 1.165) is 12.1 Å². The number of nitrogens with zero attached hydrogens (tertiary/aromatic N) is 2.